The predicted molar refractivity (Wildman–Crippen MR) is 68.4 cm³/mol. The van der Waals surface area contributed by atoms with Gasteiger partial charge in [-0.15, -0.1) is 0 Å². The SMILES string of the molecule is CCC.NCc1cc(C2CCCCC2)co1. The van der Waals surface area contributed by atoms with Crippen molar-refractivity contribution >= 4 is 0 Å². The smallest absolute Gasteiger partial charge is 0.117 e. The second-order valence-electron chi connectivity index (χ2n) is 4.59. The van der Waals surface area contributed by atoms with Crippen LogP contribution in [0.2, 0.25) is 0 Å². The van der Waals surface area contributed by atoms with Gasteiger partial charge in [-0.2, -0.15) is 0 Å². The molecule has 2 heteroatoms. The standard InChI is InChI=1S/C11H17NO.C3H8/c12-7-11-6-10(8-13-11)9-4-2-1-3-5-9;1-3-2/h6,8-9H,1-5,7,12H2;3H2,1-2H3. The normalized spacial score (nSPS) is 16.7. The topological polar surface area (TPSA) is 39.2 Å². The highest BCUT2D eigenvalue weighted by molar-refractivity contribution is 5.18. The van der Waals surface area contributed by atoms with Gasteiger partial charge in [0.2, 0.25) is 0 Å². The van der Waals surface area contributed by atoms with E-state index in [2.05, 4.69) is 19.9 Å². The number of nitrogens with two attached hydrogens (primary N) is 1. The van der Waals surface area contributed by atoms with Crippen LogP contribution in [-0.4, -0.2) is 0 Å². The van der Waals surface area contributed by atoms with Crippen molar-refractivity contribution in [3.63, 3.8) is 0 Å². The van der Waals surface area contributed by atoms with E-state index < -0.39 is 0 Å². The third kappa shape index (κ3) is 4.01. The molecule has 1 aliphatic rings. The lowest BCUT2D eigenvalue weighted by molar-refractivity contribution is 0.438. The van der Waals surface area contributed by atoms with Crippen LogP contribution in [0, 0.1) is 0 Å². The van der Waals surface area contributed by atoms with Crippen LogP contribution in [-0.2, 0) is 6.54 Å². The van der Waals surface area contributed by atoms with Crippen molar-refractivity contribution in [2.45, 2.75) is 64.8 Å². The molecule has 2 N–H and O–H groups in total. The monoisotopic (exact) mass is 223 g/mol. The first-order chi connectivity index (χ1) is 7.81. The molecule has 1 aromatic heterocycles. The molecule has 0 bridgehead atoms. The van der Waals surface area contributed by atoms with E-state index >= 15 is 0 Å². The number of hydrogen-bond donors (Lipinski definition) is 1. The van der Waals surface area contributed by atoms with Crippen molar-refractivity contribution in [2.24, 2.45) is 5.73 Å². The summed E-state index contributed by atoms with van der Waals surface area (Å²) in [5.74, 6) is 1.65. The lowest BCUT2D eigenvalue weighted by Gasteiger charge is -2.19. The Balaban J connectivity index is 0.000000386. The maximum atomic E-state index is 5.50. The molecule has 16 heavy (non-hydrogen) atoms. The van der Waals surface area contributed by atoms with Crippen molar-refractivity contribution in [2.75, 3.05) is 0 Å². The molecule has 1 aliphatic carbocycles. The summed E-state index contributed by atoms with van der Waals surface area (Å²) in [5, 5.41) is 0. The molecular weight excluding hydrogens is 198 g/mol. The van der Waals surface area contributed by atoms with Crippen LogP contribution in [0.3, 0.4) is 0 Å². The minimum atomic E-state index is 0.521. The summed E-state index contributed by atoms with van der Waals surface area (Å²) in [4.78, 5) is 0. The molecular formula is C14H25NO. The van der Waals surface area contributed by atoms with E-state index in [9.17, 15) is 0 Å². The molecule has 0 amide bonds. The van der Waals surface area contributed by atoms with E-state index in [0.29, 0.717) is 6.54 Å². The maximum Gasteiger partial charge on any atom is 0.117 e. The fraction of sp³-hybridized carbons (Fsp3) is 0.714. The first kappa shape index (κ1) is 13.3. The van der Waals surface area contributed by atoms with Gasteiger partial charge >= 0.3 is 0 Å². The van der Waals surface area contributed by atoms with Crippen molar-refractivity contribution in [1.82, 2.24) is 0 Å². The van der Waals surface area contributed by atoms with Crippen LogP contribution in [0.1, 0.15) is 69.6 Å². The zero-order valence-electron chi connectivity index (χ0n) is 10.7. The minimum absolute atomic E-state index is 0.521. The van der Waals surface area contributed by atoms with Crippen LogP contribution >= 0.6 is 0 Å². The average molecular weight is 223 g/mol. The van der Waals surface area contributed by atoms with Gasteiger partial charge in [0.15, 0.2) is 0 Å². The van der Waals surface area contributed by atoms with Gasteiger partial charge < -0.3 is 10.2 Å². The largest absolute Gasteiger partial charge is 0.468 e. The van der Waals surface area contributed by atoms with Gasteiger partial charge in [-0.3, -0.25) is 0 Å². The third-order valence-electron chi connectivity index (χ3n) is 2.95. The molecule has 0 unspecified atom stereocenters. The van der Waals surface area contributed by atoms with E-state index in [0.717, 1.165) is 11.7 Å². The molecule has 1 saturated carbocycles. The Kier molecular flexibility index (Phi) is 6.24. The summed E-state index contributed by atoms with van der Waals surface area (Å²) < 4.78 is 5.34. The van der Waals surface area contributed by atoms with E-state index in [1.807, 2.05) is 6.26 Å². The lowest BCUT2D eigenvalue weighted by atomic mass is 9.85. The molecule has 1 fully saturated rings. The van der Waals surface area contributed by atoms with Gasteiger partial charge in [-0.25, -0.2) is 0 Å². The van der Waals surface area contributed by atoms with E-state index in [-0.39, 0.29) is 0 Å². The highest BCUT2D eigenvalue weighted by Gasteiger charge is 2.17. The van der Waals surface area contributed by atoms with Crippen molar-refractivity contribution in [1.29, 1.82) is 0 Å². The van der Waals surface area contributed by atoms with Gasteiger partial charge in [0.1, 0.15) is 5.76 Å². The summed E-state index contributed by atoms with van der Waals surface area (Å²) in [6.45, 7) is 4.77. The van der Waals surface area contributed by atoms with Crippen LogP contribution < -0.4 is 5.73 Å². The molecule has 1 aromatic rings. The van der Waals surface area contributed by atoms with E-state index in [1.54, 1.807) is 0 Å². The molecule has 0 radical (unpaired) electrons. The summed E-state index contributed by atoms with van der Waals surface area (Å²) in [6, 6.07) is 2.12. The lowest BCUT2D eigenvalue weighted by Crippen LogP contribution is -2.03. The van der Waals surface area contributed by atoms with Gasteiger partial charge in [-0.1, -0.05) is 39.5 Å². The number of hydrogen-bond acceptors (Lipinski definition) is 2. The average Bonchev–Trinajstić information content (AvgIpc) is 2.80. The molecule has 2 nitrogen and oxygen atoms in total. The van der Waals surface area contributed by atoms with Gasteiger partial charge in [0.25, 0.3) is 0 Å². The zero-order chi connectivity index (χ0) is 11.8. The van der Waals surface area contributed by atoms with Gasteiger partial charge in [-0.05, 0) is 30.4 Å². The Labute approximate surface area is 99.2 Å². The van der Waals surface area contributed by atoms with Crippen LogP contribution in [0.25, 0.3) is 0 Å². The summed E-state index contributed by atoms with van der Waals surface area (Å²) >= 11 is 0. The Morgan fingerprint density at radius 3 is 2.38 bits per heavy atom. The molecule has 1 heterocycles. The summed E-state index contributed by atoms with van der Waals surface area (Å²) in [6.07, 6.45) is 9.92. The first-order valence-corrected chi connectivity index (χ1v) is 6.59. The Morgan fingerprint density at radius 1 is 1.25 bits per heavy atom. The van der Waals surface area contributed by atoms with Crippen LogP contribution in [0.5, 0.6) is 0 Å². The maximum absolute atomic E-state index is 5.50. The highest BCUT2D eigenvalue weighted by atomic mass is 16.3. The predicted octanol–water partition coefficient (Wildman–Crippen LogP) is 4.20. The zero-order valence-corrected chi connectivity index (χ0v) is 10.7. The Morgan fingerprint density at radius 2 is 1.88 bits per heavy atom. The molecule has 0 aliphatic heterocycles. The second kappa shape index (κ2) is 7.50. The number of rotatable bonds is 2. The highest BCUT2D eigenvalue weighted by Crippen LogP contribution is 2.33. The molecule has 2 rings (SSSR count). The molecule has 0 aromatic carbocycles. The summed E-state index contributed by atoms with van der Waals surface area (Å²) in [7, 11) is 0. The third-order valence-corrected chi connectivity index (χ3v) is 2.95. The fourth-order valence-corrected chi connectivity index (χ4v) is 2.15. The van der Waals surface area contributed by atoms with Crippen LogP contribution in [0.15, 0.2) is 16.7 Å². The molecule has 0 atom stereocenters. The Hall–Kier alpha value is -0.760. The van der Waals surface area contributed by atoms with Crippen molar-refractivity contribution in [3.05, 3.63) is 23.7 Å². The minimum Gasteiger partial charge on any atom is -0.468 e. The summed E-state index contributed by atoms with van der Waals surface area (Å²) in [5.41, 5.74) is 6.86. The van der Waals surface area contributed by atoms with Crippen molar-refractivity contribution < 1.29 is 4.42 Å². The van der Waals surface area contributed by atoms with Gasteiger partial charge in [0.05, 0.1) is 12.8 Å². The molecule has 92 valence electrons. The van der Waals surface area contributed by atoms with Crippen molar-refractivity contribution in [3.8, 4) is 0 Å². The number of furan rings is 1. The van der Waals surface area contributed by atoms with E-state index in [1.165, 1.54) is 44.1 Å². The second-order valence-corrected chi connectivity index (χ2v) is 4.59. The first-order valence-electron chi connectivity index (χ1n) is 6.59. The Bertz CT molecular complexity index is 274. The van der Waals surface area contributed by atoms with E-state index in [4.69, 9.17) is 10.2 Å². The van der Waals surface area contributed by atoms with Gasteiger partial charge in [0, 0.05) is 0 Å². The fourth-order valence-electron chi connectivity index (χ4n) is 2.15. The quantitative estimate of drug-likeness (QED) is 0.816. The molecule has 0 spiro atoms. The van der Waals surface area contributed by atoms with Crippen LogP contribution in [0.4, 0.5) is 0 Å². The molecule has 0 saturated heterocycles.